The number of aliphatic hydroxyl groups is 1. The molecule has 7 heteroatoms. The van der Waals surface area contributed by atoms with Crippen molar-refractivity contribution in [2.75, 3.05) is 26.2 Å². The molecule has 1 atom stereocenters. The van der Waals surface area contributed by atoms with Gasteiger partial charge in [0, 0.05) is 38.3 Å². The maximum absolute atomic E-state index is 10.6. The number of rotatable bonds is 8. The van der Waals surface area contributed by atoms with Crippen molar-refractivity contribution in [2.24, 2.45) is 4.99 Å². The van der Waals surface area contributed by atoms with Crippen LogP contribution in [0.3, 0.4) is 0 Å². The third kappa shape index (κ3) is 6.43. The van der Waals surface area contributed by atoms with Crippen LogP contribution in [0.2, 0.25) is 0 Å². The van der Waals surface area contributed by atoms with Gasteiger partial charge in [0.15, 0.2) is 5.96 Å². The molecule has 0 aliphatic carbocycles. The minimum Gasteiger partial charge on any atom is -0.444 e. The quantitative estimate of drug-likeness (QED) is 0.363. The molecule has 33 heavy (non-hydrogen) atoms. The number of hydrogen-bond donors (Lipinski definition) is 3. The highest BCUT2D eigenvalue weighted by Crippen LogP contribution is 2.20. The topological polar surface area (TPSA) is 85.9 Å². The number of nitrogens with zero attached hydrogens (tertiary/aromatic N) is 3. The minimum absolute atomic E-state index is 0.393. The molecule has 1 unspecified atom stereocenters. The van der Waals surface area contributed by atoms with E-state index in [1.807, 2.05) is 31.2 Å². The molecule has 1 aliphatic heterocycles. The summed E-state index contributed by atoms with van der Waals surface area (Å²) in [6, 6.07) is 16.6. The van der Waals surface area contributed by atoms with Crippen molar-refractivity contribution in [2.45, 2.75) is 39.5 Å². The molecule has 174 valence electrons. The lowest BCUT2D eigenvalue weighted by Crippen LogP contribution is -2.45. The summed E-state index contributed by atoms with van der Waals surface area (Å²) in [6.07, 6.45) is 2.19. The average molecular weight is 448 g/mol. The van der Waals surface area contributed by atoms with Crippen LogP contribution < -0.4 is 10.6 Å². The zero-order valence-corrected chi connectivity index (χ0v) is 19.4. The van der Waals surface area contributed by atoms with Crippen LogP contribution >= 0.6 is 0 Å². The van der Waals surface area contributed by atoms with Crippen LogP contribution in [0.4, 0.5) is 0 Å². The lowest BCUT2D eigenvalue weighted by molar-refractivity contribution is 0.108. The van der Waals surface area contributed by atoms with Crippen molar-refractivity contribution >= 4 is 5.96 Å². The number of hydrogen-bond acceptors (Lipinski definition) is 5. The van der Waals surface area contributed by atoms with Gasteiger partial charge in [-0.1, -0.05) is 42.0 Å². The number of aromatic nitrogens is 1. The van der Waals surface area contributed by atoms with Crippen LogP contribution in [0.15, 0.2) is 64.2 Å². The standard InChI is InChI=1S/C26H33N5O2/c1-3-27-26(28-14-23-18-33-25(30-23)21-10-8-19(2)9-11-21)29-15-24(32)17-31-13-12-20-6-4-5-7-22(20)16-31/h4-11,18,24,32H,3,12-17H2,1-2H3,(H2,27,28,29). The molecule has 2 heterocycles. The molecule has 0 radical (unpaired) electrons. The second-order valence-corrected chi connectivity index (χ2v) is 8.49. The Morgan fingerprint density at radius 1 is 1.15 bits per heavy atom. The van der Waals surface area contributed by atoms with Crippen molar-refractivity contribution in [3.05, 3.63) is 77.2 Å². The number of oxazole rings is 1. The van der Waals surface area contributed by atoms with Crippen LogP contribution in [0.1, 0.15) is 29.3 Å². The second kappa shape index (κ2) is 11.1. The van der Waals surface area contributed by atoms with E-state index in [1.54, 1.807) is 6.26 Å². The number of aliphatic hydroxyl groups excluding tert-OH is 1. The molecule has 0 spiro atoms. The Morgan fingerprint density at radius 3 is 2.73 bits per heavy atom. The molecule has 1 aliphatic rings. The van der Waals surface area contributed by atoms with Gasteiger partial charge in [0.05, 0.1) is 12.6 Å². The predicted molar refractivity (Wildman–Crippen MR) is 131 cm³/mol. The number of nitrogens with one attached hydrogen (secondary N) is 2. The van der Waals surface area contributed by atoms with E-state index in [0.29, 0.717) is 31.5 Å². The smallest absolute Gasteiger partial charge is 0.226 e. The van der Waals surface area contributed by atoms with E-state index >= 15 is 0 Å². The molecule has 7 nitrogen and oxygen atoms in total. The molecule has 0 saturated carbocycles. The van der Waals surface area contributed by atoms with Crippen LogP contribution in [0.5, 0.6) is 0 Å². The highest BCUT2D eigenvalue weighted by Gasteiger charge is 2.18. The van der Waals surface area contributed by atoms with Crippen LogP contribution in [0, 0.1) is 6.92 Å². The summed E-state index contributed by atoms with van der Waals surface area (Å²) in [5.41, 5.74) is 5.68. The van der Waals surface area contributed by atoms with Gasteiger partial charge in [-0.2, -0.15) is 0 Å². The summed E-state index contributed by atoms with van der Waals surface area (Å²) in [5, 5.41) is 17.1. The highest BCUT2D eigenvalue weighted by atomic mass is 16.3. The van der Waals surface area contributed by atoms with E-state index in [-0.39, 0.29) is 0 Å². The van der Waals surface area contributed by atoms with Gasteiger partial charge < -0.3 is 20.2 Å². The first-order valence-corrected chi connectivity index (χ1v) is 11.6. The first-order valence-electron chi connectivity index (χ1n) is 11.6. The van der Waals surface area contributed by atoms with Crippen LogP contribution in [-0.2, 0) is 19.5 Å². The predicted octanol–water partition coefficient (Wildman–Crippen LogP) is 3.12. The van der Waals surface area contributed by atoms with Crippen molar-refractivity contribution in [1.29, 1.82) is 0 Å². The summed E-state index contributed by atoms with van der Waals surface area (Å²) in [4.78, 5) is 11.5. The number of benzene rings is 2. The maximum Gasteiger partial charge on any atom is 0.226 e. The van der Waals surface area contributed by atoms with Gasteiger partial charge in [0.2, 0.25) is 5.89 Å². The number of fused-ring (bicyclic) bond motifs is 1. The zero-order chi connectivity index (χ0) is 23.0. The SMILES string of the molecule is CCNC(=NCc1coc(-c2ccc(C)cc2)n1)NCC(O)CN1CCc2ccccc2C1. The molecule has 1 aromatic heterocycles. The molecule has 0 fully saturated rings. The molecular formula is C26H33N5O2. The Morgan fingerprint density at radius 2 is 1.94 bits per heavy atom. The van der Waals surface area contributed by atoms with Gasteiger partial charge in [-0.3, -0.25) is 4.90 Å². The summed E-state index contributed by atoms with van der Waals surface area (Å²) in [7, 11) is 0. The van der Waals surface area contributed by atoms with E-state index in [2.05, 4.69) is 56.7 Å². The lowest BCUT2D eigenvalue weighted by atomic mass is 10.00. The van der Waals surface area contributed by atoms with E-state index in [1.165, 1.54) is 16.7 Å². The molecule has 2 aromatic carbocycles. The van der Waals surface area contributed by atoms with E-state index in [0.717, 1.165) is 37.3 Å². The number of guanidine groups is 1. The normalized spacial score (nSPS) is 15.2. The second-order valence-electron chi connectivity index (χ2n) is 8.49. The average Bonchev–Trinajstić information content (AvgIpc) is 3.30. The fraction of sp³-hybridized carbons (Fsp3) is 0.385. The lowest BCUT2D eigenvalue weighted by Gasteiger charge is -2.30. The van der Waals surface area contributed by atoms with E-state index < -0.39 is 6.10 Å². The van der Waals surface area contributed by atoms with E-state index in [9.17, 15) is 5.11 Å². The molecule has 3 N–H and O–H groups in total. The van der Waals surface area contributed by atoms with Crippen LogP contribution in [-0.4, -0.2) is 53.2 Å². The molecular weight excluding hydrogens is 414 g/mol. The van der Waals surface area contributed by atoms with Crippen molar-refractivity contribution in [3.8, 4) is 11.5 Å². The van der Waals surface area contributed by atoms with Crippen molar-refractivity contribution in [3.63, 3.8) is 0 Å². The van der Waals surface area contributed by atoms with Gasteiger partial charge in [-0.15, -0.1) is 0 Å². The first-order chi connectivity index (χ1) is 16.1. The van der Waals surface area contributed by atoms with Gasteiger partial charge in [-0.05, 0) is 43.5 Å². The Kier molecular flexibility index (Phi) is 7.75. The van der Waals surface area contributed by atoms with Gasteiger partial charge in [0.25, 0.3) is 0 Å². The molecule has 0 saturated heterocycles. The van der Waals surface area contributed by atoms with Crippen LogP contribution in [0.25, 0.3) is 11.5 Å². The summed E-state index contributed by atoms with van der Waals surface area (Å²) in [5.74, 6) is 1.25. The third-order valence-electron chi connectivity index (χ3n) is 5.78. The van der Waals surface area contributed by atoms with E-state index in [4.69, 9.17) is 4.42 Å². The first kappa shape index (κ1) is 23.0. The Hall–Kier alpha value is -3.16. The summed E-state index contributed by atoms with van der Waals surface area (Å²) < 4.78 is 5.62. The van der Waals surface area contributed by atoms with Crippen molar-refractivity contribution in [1.82, 2.24) is 20.5 Å². The number of aliphatic imine (C=N–C) groups is 1. The summed E-state index contributed by atoms with van der Waals surface area (Å²) in [6.45, 7) is 8.11. The minimum atomic E-state index is -0.487. The monoisotopic (exact) mass is 447 g/mol. The fourth-order valence-corrected chi connectivity index (χ4v) is 4.00. The maximum atomic E-state index is 10.6. The largest absolute Gasteiger partial charge is 0.444 e. The number of aryl methyl sites for hydroxylation is 1. The van der Waals surface area contributed by atoms with Gasteiger partial charge in [0.1, 0.15) is 12.0 Å². The van der Waals surface area contributed by atoms with Gasteiger partial charge in [-0.25, -0.2) is 9.98 Å². The Labute approximate surface area is 195 Å². The molecule has 0 amide bonds. The van der Waals surface area contributed by atoms with Gasteiger partial charge >= 0.3 is 0 Å². The number of β-amino-alcohol motifs (C(OH)–C–C–N with tert-alkyl or cyclic N) is 1. The molecule has 4 rings (SSSR count). The highest BCUT2D eigenvalue weighted by molar-refractivity contribution is 5.79. The molecule has 0 bridgehead atoms. The zero-order valence-electron chi connectivity index (χ0n) is 19.4. The Balaban J connectivity index is 1.28. The third-order valence-corrected chi connectivity index (χ3v) is 5.78. The fourth-order valence-electron chi connectivity index (χ4n) is 4.00. The van der Waals surface area contributed by atoms with Crippen molar-refractivity contribution < 1.29 is 9.52 Å². The Bertz CT molecular complexity index is 1060. The molecule has 3 aromatic rings. The summed E-state index contributed by atoms with van der Waals surface area (Å²) >= 11 is 0.